The van der Waals surface area contributed by atoms with Crippen molar-refractivity contribution in [3.63, 3.8) is 0 Å². The molecule has 4 nitrogen and oxygen atoms in total. The highest BCUT2D eigenvalue weighted by Gasteiger charge is 2.03. The summed E-state index contributed by atoms with van der Waals surface area (Å²) >= 11 is 5.80. The van der Waals surface area contributed by atoms with Gasteiger partial charge in [-0.25, -0.2) is 4.98 Å². The Bertz CT molecular complexity index is 622. The van der Waals surface area contributed by atoms with Crippen LogP contribution in [0.1, 0.15) is 11.1 Å². The zero-order valence-corrected chi connectivity index (χ0v) is 11.1. The van der Waals surface area contributed by atoms with E-state index in [0.29, 0.717) is 23.0 Å². The highest BCUT2D eigenvalue weighted by molar-refractivity contribution is 6.29. The molecule has 0 aliphatic rings. The van der Waals surface area contributed by atoms with E-state index in [0.717, 1.165) is 11.3 Å². The smallest absolute Gasteiger partial charge is 0.136 e. The molecule has 0 saturated heterocycles. The van der Waals surface area contributed by atoms with Crippen LogP contribution in [-0.2, 0) is 6.54 Å². The zero-order chi connectivity index (χ0) is 13.7. The molecule has 0 radical (unpaired) electrons. The van der Waals surface area contributed by atoms with Gasteiger partial charge in [0.1, 0.15) is 17.0 Å². The fourth-order valence-electron chi connectivity index (χ4n) is 1.67. The first kappa shape index (κ1) is 13.2. The largest absolute Gasteiger partial charge is 0.495 e. The number of aromatic nitrogens is 1. The van der Waals surface area contributed by atoms with E-state index in [1.807, 2.05) is 12.1 Å². The Morgan fingerprint density at radius 2 is 2.21 bits per heavy atom. The molecule has 0 spiro atoms. The third kappa shape index (κ3) is 3.36. The summed E-state index contributed by atoms with van der Waals surface area (Å²) in [6.45, 7) is 0.596. The summed E-state index contributed by atoms with van der Waals surface area (Å²) in [5.74, 6) is 0.582. The molecule has 0 unspecified atom stereocenters. The van der Waals surface area contributed by atoms with E-state index in [2.05, 4.69) is 16.4 Å². The van der Waals surface area contributed by atoms with Crippen molar-refractivity contribution >= 4 is 17.3 Å². The molecule has 1 aromatic heterocycles. The van der Waals surface area contributed by atoms with Crippen molar-refractivity contribution in [2.45, 2.75) is 6.54 Å². The maximum atomic E-state index is 9.02. The number of nitriles is 1. The maximum Gasteiger partial charge on any atom is 0.136 e. The molecule has 1 N–H and O–H groups in total. The molecular weight excluding hydrogens is 262 g/mol. The number of methoxy groups -OCH3 is 1. The number of benzene rings is 1. The molecule has 5 heteroatoms. The Morgan fingerprint density at radius 1 is 1.37 bits per heavy atom. The van der Waals surface area contributed by atoms with Gasteiger partial charge in [-0.1, -0.05) is 17.7 Å². The molecular formula is C14H12ClN3O. The molecule has 0 fully saturated rings. The number of hydrogen-bond donors (Lipinski definition) is 1. The Hall–Kier alpha value is -2.25. The van der Waals surface area contributed by atoms with Crippen molar-refractivity contribution in [1.82, 2.24) is 4.98 Å². The molecule has 1 heterocycles. The molecule has 0 saturated carbocycles. The normalized spacial score (nSPS) is 9.74. The summed E-state index contributed by atoms with van der Waals surface area (Å²) < 4.78 is 5.10. The molecule has 1 aromatic carbocycles. The number of hydrogen-bond acceptors (Lipinski definition) is 4. The van der Waals surface area contributed by atoms with Crippen LogP contribution in [0.15, 0.2) is 36.5 Å². The van der Waals surface area contributed by atoms with E-state index in [4.69, 9.17) is 21.6 Å². The summed E-state index contributed by atoms with van der Waals surface area (Å²) in [7, 11) is 1.55. The van der Waals surface area contributed by atoms with Gasteiger partial charge in [-0.15, -0.1) is 0 Å². The lowest BCUT2D eigenvalue weighted by Crippen LogP contribution is -2.00. The molecule has 0 atom stereocenters. The molecule has 2 rings (SSSR count). The van der Waals surface area contributed by atoms with E-state index in [1.165, 1.54) is 0 Å². The van der Waals surface area contributed by atoms with Crippen molar-refractivity contribution in [2.24, 2.45) is 0 Å². The highest BCUT2D eigenvalue weighted by atomic mass is 35.5. The fourth-order valence-corrected chi connectivity index (χ4v) is 1.84. The molecule has 96 valence electrons. The number of ether oxygens (including phenoxy) is 1. The minimum atomic E-state index is 0.442. The molecule has 0 bridgehead atoms. The summed E-state index contributed by atoms with van der Waals surface area (Å²) in [4.78, 5) is 3.91. The van der Waals surface area contributed by atoms with Gasteiger partial charge in [-0.05, 0) is 29.8 Å². The van der Waals surface area contributed by atoms with Gasteiger partial charge in [-0.3, -0.25) is 0 Å². The van der Waals surface area contributed by atoms with E-state index in [1.54, 1.807) is 31.5 Å². The highest BCUT2D eigenvalue weighted by Crippen LogP contribution is 2.20. The first-order valence-electron chi connectivity index (χ1n) is 5.65. The van der Waals surface area contributed by atoms with Crippen molar-refractivity contribution in [2.75, 3.05) is 12.4 Å². The predicted molar refractivity (Wildman–Crippen MR) is 74.3 cm³/mol. The Balaban J connectivity index is 2.10. The van der Waals surface area contributed by atoms with Gasteiger partial charge < -0.3 is 10.1 Å². The lowest BCUT2D eigenvalue weighted by atomic mass is 10.1. The lowest BCUT2D eigenvalue weighted by Gasteiger charge is -2.08. The second-order valence-electron chi connectivity index (χ2n) is 3.87. The summed E-state index contributed by atoms with van der Waals surface area (Å²) in [6, 6.07) is 11.2. The number of halogens is 1. The Labute approximate surface area is 116 Å². The van der Waals surface area contributed by atoms with Gasteiger partial charge in [0.15, 0.2) is 0 Å². The number of nitrogens with one attached hydrogen (secondary N) is 1. The summed E-state index contributed by atoms with van der Waals surface area (Å²) in [5.41, 5.74) is 2.40. The third-order valence-corrected chi connectivity index (χ3v) is 2.81. The summed E-state index contributed by atoms with van der Waals surface area (Å²) in [5, 5.41) is 12.7. The van der Waals surface area contributed by atoms with Crippen molar-refractivity contribution < 1.29 is 4.74 Å². The van der Waals surface area contributed by atoms with Gasteiger partial charge in [0.25, 0.3) is 0 Å². The zero-order valence-electron chi connectivity index (χ0n) is 10.4. The lowest BCUT2D eigenvalue weighted by molar-refractivity contribution is 0.413. The van der Waals surface area contributed by atoms with Crippen LogP contribution in [0, 0.1) is 11.3 Å². The Morgan fingerprint density at radius 3 is 2.89 bits per heavy atom. The number of pyridine rings is 1. The van der Waals surface area contributed by atoms with Crippen LogP contribution >= 0.6 is 11.6 Å². The first-order valence-corrected chi connectivity index (χ1v) is 6.03. The number of nitrogens with zero attached hydrogens (tertiary/aromatic N) is 2. The number of rotatable bonds is 4. The van der Waals surface area contributed by atoms with Gasteiger partial charge >= 0.3 is 0 Å². The van der Waals surface area contributed by atoms with Crippen LogP contribution in [-0.4, -0.2) is 12.1 Å². The van der Waals surface area contributed by atoms with Gasteiger partial charge in [-0.2, -0.15) is 5.26 Å². The van der Waals surface area contributed by atoms with E-state index >= 15 is 0 Å². The van der Waals surface area contributed by atoms with Crippen LogP contribution in [0.2, 0.25) is 5.15 Å². The van der Waals surface area contributed by atoms with Crippen molar-refractivity contribution in [3.8, 4) is 11.8 Å². The van der Waals surface area contributed by atoms with Crippen LogP contribution in [0.3, 0.4) is 0 Å². The SMILES string of the molecule is COc1ccc(CNc2ccnc(Cl)c2)cc1C#N. The van der Waals surface area contributed by atoms with Crippen LogP contribution < -0.4 is 10.1 Å². The number of anilines is 1. The van der Waals surface area contributed by atoms with Crippen LogP contribution in [0.4, 0.5) is 5.69 Å². The minimum absolute atomic E-state index is 0.442. The monoisotopic (exact) mass is 273 g/mol. The van der Waals surface area contributed by atoms with Gasteiger partial charge in [0.05, 0.1) is 12.7 Å². The van der Waals surface area contributed by atoms with Gasteiger partial charge in [0, 0.05) is 18.4 Å². The standard InChI is InChI=1S/C14H12ClN3O/c1-19-13-3-2-10(6-11(13)8-16)9-18-12-4-5-17-14(15)7-12/h2-7H,9H2,1H3,(H,17,18). The second-order valence-corrected chi connectivity index (χ2v) is 4.25. The molecule has 19 heavy (non-hydrogen) atoms. The second kappa shape index (κ2) is 6.07. The first-order chi connectivity index (χ1) is 9.22. The van der Waals surface area contributed by atoms with Gasteiger partial charge in [0.2, 0.25) is 0 Å². The molecule has 2 aromatic rings. The molecule has 0 aliphatic heterocycles. The summed E-state index contributed by atoms with van der Waals surface area (Å²) in [6.07, 6.45) is 1.64. The van der Waals surface area contributed by atoms with E-state index in [9.17, 15) is 0 Å². The topological polar surface area (TPSA) is 57.9 Å². The van der Waals surface area contributed by atoms with Crippen molar-refractivity contribution in [1.29, 1.82) is 5.26 Å². The molecule has 0 aliphatic carbocycles. The fraction of sp³-hybridized carbons (Fsp3) is 0.143. The average molecular weight is 274 g/mol. The molecule has 0 amide bonds. The van der Waals surface area contributed by atoms with Crippen LogP contribution in [0.25, 0.3) is 0 Å². The van der Waals surface area contributed by atoms with Crippen LogP contribution in [0.5, 0.6) is 5.75 Å². The maximum absolute atomic E-state index is 9.02. The van der Waals surface area contributed by atoms with E-state index < -0.39 is 0 Å². The van der Waals surface area contributed by atoms with Crippen molar-refractivity contribution in [3.05, 3.63) is 52.8 Å². The predicted octanol–water partition coefficient (Wildman–Crippen LogP) is 3.23. The Kier molecular flexibility index (Phi) is 4.22. The quantitative estimate of drug-likeness (QED) is 0.869. The third-order valence-electron chi connectivity index (χ3n) is 2.61. The van der Waals surface area contributed by atoms with E-state index in [-0.39, 0.29) is 0 Å². The minimum Gasteiger partial charge on any atom is -0.495 e. The average Bonchev–Trinajstić information content (AvgIpc) is 2.45.